The molecule has 3 atom stereocenters. The van der Waals surface area contributed by atoms with Gasteiger partial charge in [0.2, 0.25) is 5.91 Å². The Labute approximate surface area is 200 Å². The lowest BCUT2D eigenvalue weighted by molar-refractivity contribution is -0.141. The topological polar surface area (TPSA) is 105 Å². The van der Waals surface area contributed by atoms with Gasteiger partial charge in [0.15, 0.2) is 0 Å². The van der Waals surface area contributed by atoms with Crippen LogP contribution < -0.4 is 10.6 Å². The van der Waals surface area contributed by atoms with E-state index < -0.39 is 18.0 Å². The summed E-state index contributed by atoms with van der Waals surface area (Å²) in [5.41, 5.74) is 4.64. The number of hydrogen-bond acceptors (Lipinski definition) is 4. The largest absolute Gasteiger partial charge is 0.481 e. The number of carboxylic acid groups (broad SMARTS) is 1. The number of carboxylic acids is 1. The van der Waals surface area contributed by atoms with Gasteiger partial charge in [0.1, 0.15) is 6.61 Å². The van der Waals surface area contributed by atoms with Crippen LogP contribution in [-0.4, -0.2) is 42.3 Å². The monoisotopic (exact) mass is 466 g/mol. The molecular weight excluding hydrogens is 432 g/mol. The number of ether oxygens (including phenoxy) is 1. The molecule has 0 fully saturated rings. The van der Waals surface area contributed by atoms with Gasteiger partial charge in [-0.05, 0) is 42.0 Å². The average Bonchev–Trinajstić information content (AvgIpc) is 3.14. The highest BCUT2D eigenvalue weighted by Crippen LogP contribution is 2.44. The first kappa shape index (κ1) is 25.3. The van der Waals surface area contributed by atoms with Gasteiger partial charge in [0, 0.05) is 18.5 Å². The van der Waals surface area contributed by atoms with Crippen molar-refractivity contribution in [1.82, 2.24) is 10.6 Å². The molecular formula is C27H34N2O5. The SMILES string of the molecule is CC(CCCC(C)C(=O)O)NC(=O)C(C)CNC(=O)OCC1c2ccccc2-c2ccccc21. The summed E-state index contributed by atoms with van der Waals surface area (Å²) in [6.07, 6.45) is 1.46. The van der Waals surface area contributed by atoms with E-state index in [0.717, 1.165) is 17.5 Å². The Morgan fingerprint density at radius 3 is 2.09 bits per heavy atom. The molecule has 3 unspecified atom stereocenters. The maximum Gasteiger partial charge on any atom is 0.407 e. The van der Waals surface area contributed by atoms with Crippen LogP contribution in [0.15, 0.2) is 48.5 Å². The second-order valence-electron chi connectivity index (χ2n) is 9.19. The number of amides is 2. The molecule has 0 aromatic heterocycles. The highest BCUT2D eigenvalue weighted by Gasteiger charge is 2.29. The zero-order valence-corrected chi connectivity index (χ0v) is 20.0. The molecule has 0 saturated carbocycles. The molecule has 1 aliphatic rings. The fourth-order valence-corrected chi connectivity index (χ4v) is 4.29. The Hall–Kier alpha value is -3.35. The van der Waals surface area contributed by atoms with Crippen molar-refractivity contribution in [2.75, 3.05) is 13.2 Å². The summed E-state index contributed by atoms with van der Waals surface area (Å²) in [6, 6.07) is 16.2. The number of alkyl carbamates (subject to hydrolysis) is 1. The van der Waals surface area contributed by atoms with Crippen molar-refractivity contribution in [3.8, 4) is 11.1 Å². The lowest BCUT2D eigenvalue weighted by Gasteiger charge is -2.19. The molecule has 7 nitrogen and oxygen atoms in total. The van der Waals surface area contributed by atoms with Crippen LogP contribution in [0, 0.1) is 11.8 Å². The maximum atomic E-state index is 12.4. The van der Waals surface area contributed by atoms with Crippen molar-refractivity contribution in [2.45, 2.75) is 52.0 Å². The highest BCUT2D eigenvalue weighted by molar-refractivity contribution is 5.80. The van der Waals surface area contributed by atoms with Crippen LogP contribution in [0.25, 0.3) is 11.1 Å². The van der Waals surface area contributed by atoms with Gasteiger partial charge in [-0.2, -0.15) is 0 Å². The number of carbonyl (C=O) groups excluding carboxylic acids is 2. The Bertz CT molecular complexity index is 976. The number of hydrogen-bond donors (Lipinski definition) is 3. The second kappa shape index (κ2) is 11.7. The summed E-state index contributed by atoms with van der Waals surface area (Å²) in [5.74, 6) is -1.77. The smallest absolute Gasteiger partial charge is 0.407 e. The number of carbonyl (C=O) groups is 3. The molecule has 0 saturated heterocycles. The molecule has 0 heterocycles. The first-order valence-corrected chi connectivity index (χ1v) is 11.9. The van der Waals surface area contributed by atoms with E-state index >= 15 is 0 Å². The molecule has 0 bridgehead atoms. The molecule has 0 radical (unpaired) electrons. The second-order valence-corrected chi connectivity index (χ2v) is 9.19. The van der Waals surface area contributed by atoms with E-state index in [4.69, 9.17) is 9.84 Å². The molecule has 0 aliphatic heterocycles. The summed E-state index contributed by atoms with van der Waals surface area (Å²) in [5, 5.41) is 14.6. The number of nitrogens with one attached hydrogen (secondary N) is 2. The van der Waals surface area contributed by atoms with Gasteiger partial charge >= 0.3 is 12.1 Å². The van der Waals surface area contributed by atoms with Gasteiger partial charge in [-0.1, -0.05) is 68.8 Å². The number of benzene rings is 2. The molecule has 34 heavy (non-hydrogen) atoms. The van der Waals surface area contributed by atoms with Crippen LogP contribution in [-0.2, 0) is 14.3 Å². The third-order valence-corrected chi connectivity index (χ3v) is 6.43. The number of rotatable bonds is 11. The predicted octanol–water partition coefficient (Wildman–Crippen LogP) is 4.56. The van der Waals surface area contributed by atoms with Crippen molar-refractivity contribution in [3.63, 3.8) is 0 Å². The quantitative estimate of drug-likeness (QED) is 0.450. The number of aliphatic carboxylic acids is 1. The zero-order chi connectivity index (χ0) is 24.7. The standard InChI is InChI=1S/C27H34N2O5/c1-17(26(31)32)9-8-10-19(3)29-25(30)18(2)15-28-27(33)34-16-24-22-13-6-4-11-20(22)21-12-5-7-14-23(21)24/h4-7,11-14,17-19,24H,8-10,15-16H2,1-3H3,(H,28,33)(H,29,30)(H,31,32). The Morgan fingerprint density at radius 2 is 1.50 bits per heavy atom. The third-order valence-electron chi connectivity index (χ3n) is 6.43. The first-order valence-electron chi connectivity index (χ1n) is 11.9. The fourth-order valence-electron chi connectivity index (χ4n) is 4.29. The van der Waals surface area contributed by atoms with E-state index in [1.54, 1.807) is 13.8 Å². The average molecular weight is 467 g/mol. The van der Waals surface area contributed by atoms with Gasteiger partial charge in [0.25, 0.3) is 0 Å². The molecule has 182 valence electrons. The van der Waals surface area contributed by atoms with Crippen LogP contribution in [0.4, 0.5) is 4.79 Å². The molecule has 3 rings (SSSR count). The minimum absolute atomic E-state index is 0.0106. The summed E-state index contributed by atoms with van der Waals surface area (Å²) in [4.78, 5) is 35.6. The fraction of sp³-hybridized carbons (Fsp3) is 0.444. The predicted molar refractivity (Wildman–Crippen MR) is 130 cm³/mol. The van der Waals surface area contributed by atoms with E-state index in [2.05, 4.69) is 34.9 Å². The van der Waals surface area contributed by atoms with Gasteiger partial charge in [-0.15, -0.1) is 0 Å². The molecule has 2 amide bonds. The van der Waals surface area contributed by atoms with Crippen LogP contribution in [0.2, 0.25) is 0 Å². The number of fused-ring (bicyclic) bond motifs is 3. The highest BCUT2D eigenvalue weighted by atomic mass is 16.5. The Kier molecular flexibility index (Phi) is 8.68. The van der Waals surface area contributed by atoms with Gasteiger partial charge in [-0.3, -0.25) is 9.59 Å². The minimum atomic E-state index is -0.801. The minimum Gasteiger partial charge on any atom is -0.481 e. The third kappa shape index (κ3) is 6.37. The van der Waals surface area contributed by atoms with Crippen molar-refractivity contribution in [1.29, 1.82) is 0 Å². The molecule has 7 heteroatoms. The molecule has 2 aromatic rings. The summed E-state index contributed by atoms with van der Waals surface area (Å²) < 4.78 is 5.52. The first-order chi connectivity index (χ1) is 16.3. The molecule has 1 aliphatic carbocycles. The Balaban J connectivity index is 1.41. The van der Waals surface area contributed by atoms with E-state index in [0.29, 0.717) is 12.8 Å². The van der Waals surface area contributed by atoms with Crippen molar-refractivity contribution in [3.05, 3.63) is 59.7 Å². The molecule has 2 aromatic carbocycles. The van der Waals surface area contributed by atoms with E-state index in [-0.39, 0.29) is 36.9 Å². The maximum absolute atomic E-state index is 12.4. The van der Waals surface area contributed by atoms with Crippen molar-refractivity contribution in [2.24, 2.45) is 11.8 Å². The van der Waals surface area contributed by atoms with E-state index in [9.17, 15) is 14.4 Å². The van der Waals surface area contributed by atoms with Crippen LogP contribution in [0.3, 0.4) is 0 Å². The van der Waals surface area contributed by atoms with Crippen molar-refractivity contribution >= 4 is 18.0 Å². The zero-order valence-electron chi connectivity index (χ0n) is 20.0. The van der Waals surface area contributed by atoms with Gasteiger partial charge in [0.05, 0.1) is 11.8 Å². The van der Waals surface area contributed by atoms with Crippen LogP contribution in [0.1, 0.15) is 57.1 Å². The van der Waals surface area contributed by atoms with Crippen molar-refractivity contribution < 1.29 is 24.2 Å². The van der Waals surface area contributed by atoms with Crippen LogP contribution in [0.5, 0.6) is 0 Å². The Morgan fingerprint density at radius 1 is 0.912 bits per heavy atom. The van der Waals surface area contributed by atoms with E-state index in [1.165, 1.54) is 11.1 Å². The van der Waals surface area contributed by atoms with E-state index in [1.807, 2.05) is 31.2 Å². The summed E-state index contributed by atoms with van der Waals surface area (Å²) in [7, 11) is 0. The normalized spacial score (nSPS) is 14.9. The molecule has 0 spiro atoms. The van der Waals surface area contributed by atoms with Crippen LogP contribution >= 0.6 is 0 Å². The van der Waals surface area contributed by atoms with Gasteiger partial charge in [-0.25, -0.2) is 4.79 Å². The van der Waals surface area contributed by atoms with Gasteiger partial charge < -0.3 is 20.5 Å². The summed E-state index contributed by atoms with van der Waals surface area (Å²) in [6.45, 7) is 5.73. The lowest BCUT2D eigenvalue weighted by atomic mass is 9.98. The lowest BCUT2D eigenvalue weighted by Crippen LogP contribution is -2.41. The summed E-state index contributed by atoms with van der Waals surface area (Å²) >= 11 is 0. The molecule has 3 N–H and O–H groups in total.